The van der Waals surface area contributed by atoms with Crippen LogP contribution in [0.15, 0.2) is 42.9 Å². The van der Waals surface area contributed by atoms with Crippen molar-refractivity contribution in [1.29, 1.82) is 0 Å². The number of aromatic nitrogens is 3. The number of nitrogens with zero attached hydrogens (tertiary/aromatic N) is 3. The lowest BCUT2D eigenvalue weighted by molar-refractivity contribution is -0.189. The second-order valence-corrected chi connectivity index (χ2v) is 5.48. The lowest BCUT2D eigenvalue weighted by atomic mass is 10.0. The van der Waals surface area contributed by atoms with Crippen molar-refractivity contribution < 1.29 is 31.5 Å². The number of carbonyl (C=O) groups is 1. The van der Waals surface area contributed by atoms with Gasteiger partial charge >= 0.3 is 12.1 Å². The normalized spacial score (nSPS) is 11.5. The molecule has 0 spiro atoms. The van der Waals surface area contributed by atoms with Crippen LogP contribution in [0, 0.1) is 11.6 Å². The van der Waals surface area contributed by atoms with Crippen LogP contribution in [0.2, 0.25) is 0 Å². The van der Waals surface area contributed by atoms with E-state index in [0.717, 1.165) is 18.3 Å². The maximum Gasteiger partial charge on any atom is 0.491 e. The third-order valence-electron chi connectivity index (χ3n) is 3.52. The molecule has 0 atom stereocenters. The molecule has 0 aliphatic heterocycles. The Balaban J connectivity index is 2.11. The summed E-state index contributed by atoms with van der Waals surface area (Å²) in [6.07, 6.45) is -1.55. The van der Waals surface area contributed by atoms with Crippen LogP contribution in [0.1, 0.15) is 0 Å². The number of halogens is 5. The van der Waals surface area contributed by atoms with Crippen LogP contribution in [0.4, 0.5) is 22.0 Å². The number of hydrogen-bond acceptors (Lipinski definition) is 4. The minimum atomic E-state index is -5.20. The SMILES string of the molecule is Cn1cc(-c2cc(-c3ccc(F)cc3F)ncc2OC(=O)C(F)(F)F)cn1. The first-order valence-corrected chi connectivity index (χ1v) is 7.38. The number of alkyl halides is 3. The van der Waals surface area contributed by atoms with E-state index in [4.69, 9.17) is 0 Å². The van der Waals surface area contributed by atoms with Crippen molar-refractivity contribution in [3.05, 3.63) is 54.5 Å². The second-order valence-electron chi connectivity index (χ2n) is 5.48. The summed E-state index contributed by atoms with van der Waals surface area (Å²) < 4.78 is 70.4. The zero-order chi connectivity index (χ0) is 19.8. The number of rotatable bonds is 3. The molecule has 0 N–H and O–H groups in total. The first-order valence-electron chi connectivity index (χ1n) is 7.38. The molecule has 0 radical (unpaired) electrons. The van der Waals surface area contributed by atoms with Gasteiger partial charge in [0.05, 0.1) is 18.1 Å². The molecule has 0 bridgehead atoms. The highest BCUT2D eigenvalue weighted by Gasteiger charge is 2.41. The Labute approximate surface area is 149 Å². The van der Waals surface area contributed by atoms with Crippen molar-refractivity contribution in [1.82, 2.24) is 14.8 Å². The predicted molar refractivity (Wildman–Crippen MR) is 83.5 cm³/mol. The molecule has 0 saturated carbocycles. The van der Waals surface area contributed by atoms with Gasteiger partial charge in [0.15, 0.2) is 5.75 Å². The molecular formula is C17H10F5N3O2. The van der Waals surface area contributed by atoms with Crippen LogP contribution >= 0.6 is 0 Å². The van der Waals surface area contributed by atoms with E-state index >= 15 is 0 Å². The van der Waals surface area contributed by atoms with Gasteiger partial charge in [0, 0.05) is 36.0 Å². The number of pyridine rings is 1. The van der Waals surface area contributed by atoms with Gasteiger partial charge in [-0.05, 0) is 18.2 Å². The first-order chi connectivity index (χ1) is 12.6. The highest BCUT2D eigenvalue weighted by atomic mass is 19.4. The zero-order valence-corrected chi connectivity index (χ0v) is 13.6. The van der Waals surface area contributed by atoms with Gasteiger partial charge in [0.1, 0.15) is 11.6 Å². The Morgan fingerprint density at radius 2 is 1.85 bits per heavy atom. The molecule has 0 aliphatic rings. The maximum absolute atomic E-state index is 14.0. The third kappa shape index (κ3) is 3.94. The molecular weight excluding hydrogens is 373 g/mol. The number of hydrogen-bond donors (Lipinski definition) is 0. The highest BCUT2D eigenvalue weighted by Crippen LogP contribution is 2.34. The van der Waals surface area contributed by atoms with Crippen molar-refractivity contribution in [3.63, 3.8) is 0 Å². The van der Waals surface area contributed by atoms with Gasteiger partial charge in [-0.3, -0.25) is 9.67 Å². The van der Waals surface area contributed by atoms with Gasteiger partial charge in [-0.25, -0.2) is 13.6 Å². The highest BCUT2D eigenvalue weighted by molar-refractivity contribution is 5.82. The van der Waals surface area contributed by atoms with Crippen LogP contribution in [-0.2, 0) is 11.8 Å². The molecule has 0 aliphatic carbocycles. The standard InChI is InChI=1S/C17H10F5N3O2/c1-25-8-9(6-24-25)12-5-14(11-3-2-10(18)4-13(11)19)23-7-15(12)27-16(26)17(20,21)22/h2-8H,1H3. The van der Waals surface area contributed by atoms with Crippen LogP contribution in [0.25, 0.3) is 22.4 Å². The van der Waals surface area contributed by atoms with Crippen LogP contribution in [0.3, 0.4) is 0 Å². The first kappa shape index (κ1) is 18.5. The molecule has 3 aromatic rings. The Bertz CT molecular complexity index is 1010. The lowest BCUT2D eigenvalue weighted by Gasteiger charge is -2.12. The predicted octanol–water partition coefficient (Wildman–Crippen LogP) is 3.90. The number of ether oxygens (including phenoxy) is 1. The van der Waals surface area contributed by atoms with Crippen LogP contribution in [0.5, 0.6) is 5.75 Å². The smallest absolute Gasteiger partial charge is 0.418 e. The topological polar surface area (TPSA) is 57.0 Å². The van der Waals surface area contributed by atoms with Crippen molar-refractivity contribution in [2.24, 2.45) is 7.05 Å². The molecule has 1 aromatic carbocycles. The quantitative estimate of drug-likeness (QED) is 0.509. The fourth-order valence-electron chi connectivity index (χ4n) is 2.31. The molecule has 27 heavy (non-hydrogen) atoms. The molecule has 3 rings (SSSR count). The van der Waals surface area contributed by atoms with Gasteiger partial charge < -0.3 is 4.74 Å². The average Bonchev–Trinajstić information content (AvgIpc) is 3.01. The maximum atomic E-state index is 14.0. The molecule has 2 aromatic heterocycles. The summed E-state index contributed by atoms with van der Waals surface area (Å²) in [6, 6.07) is 4.04. The lowest BCUT2D eigenvalue weighted by Crippen LogP contribution is -2.28. The minimum absolute atomic E-state index is 0.0122. The molecule has 0 saturated heterocycles. The Morgan fingerprint density at radius 3 is 2.44 bits per heavy atom. The number of benzene rings is 1. The number of esters is 1. The Kier molecular flexibility index (Phi) is 4.64. The van der Waals surface area contributed by atoms with E-state index in [0.29, 0.717) is 11.6 Å². The van der Waals surface area contributed by atoms with Crippen molar-refractivity contribution in [3.8, 4) is 28.1 Å². The summed E-state index contributed by atoms with van der Waals surface area (Å²) in [5.74, 6) is -4.59. The van der Waals surface area contributed by atoms with E-state index in [1.54, 1.807) is 7.05 Å². The summed E-state index contributed by atoms with van der Waals surface area (Å²) in [7, 11) is 1.58. The molecule has 10 heteroatoms. The van der Waals surface area contributed by atoms with E-state index < -0.39 is 29.5 Å². The van der Waals surface area contributed by atoms with Gasteiger partial charge in [-0.2, -0.15) is 18.3 Å². The number of aryl methyl sites for hydroxylation is 1. The van der Waals surface area contributed by atoms with Gasteiger partial charge in [0.2, 0.25) is 0 Å². The van der Waals surface area contributed by atoms with E-state index in [1.165, 1.54) is 23.1 Å². The summed E-state index contributed by atoms with van der Waals surface area (Å²) in [5.41, 5.74) is 0.288. The van der Waals surface area contributed by atoms with Crippen molar-refractivity contribution >= 4 is 5.97 Å². The Hall–Kier alpha value is -3.30. The van der Waals surface area contributed by atoms with Gasteiger partial charge in [-0.1, -0.05) is 0 Å². The Morgan fingerprint density at radius 1 is 1.11 bits per heavy atom. The fourth-order valence-corrected chi connectivity index (χ4v) is 2.31. The van der Waals surface area contributed by atoms with Crippen molar-refractivity contribution in [2.45, 2.75) is 6.18 Å². The fraction of sp³-hybridized carbons (Fsp3) is 0.118. The molecule has 5 nitrogen and oxygen atoms in total. The van der Waals surface area contributed by atoms with E-state index in [2.05, 4.69) is 14.8 Å². The van der Waals surface area contributed by atoms with Gasteiger partial charge in [0.25, 0.3) is 0 Å². The summed E-state index contributed by atoms with van der Waals surface area (Å²) in [4.78, 5) is 15.0. The average molecular weight is 383 g/mol. The molecule has 140 valence electrons. The molecule has 0 unspecified atom stereocenters. The molecule has 2 heterocycles. The van der Waals surface area contributed by atoms with Gasteiger partial charge in [-0.15, -0.1) is 0 Å². The van der Waals surface area contributed by atoms with Crippen LogP contribution in [-0.4, -0.2) is 26.9 Å². The second kappa shape index (κ2) is 6.78. The third-order valence-corrected chi connectivity index (χ3v) is 3.52. The largest absolute Gasteiger partial charge is 0.491 e. The minimum Gasteiger partial charge on any atom is -0.418 e. The zero-order valence-electron chi connectivity index (χ0n) is 13.6. The van der Waals surface area contributed by atoms with Crippen molar-refractivity contribution in [2.75, 3.05) is 0 Å². The summed E-state index contributed by atoms with van der Waals surface area (Å²) in [5, 5.41) is 3.90. The summed E-state index contributed by atoms with van der Waals surface area (Å²) >= 11 is 0. The van der Waals surface area contributed by atoms with Crippen LogP contribution < -0.4 is 4.74 Å². The monoisotopic (exact) mass is 383 g/mol. The van der Waals surface area contributed by atoms with E-state index in [-0.39, 0.29) is 16.8 Å². The summed E-state index contributed by atoms with van der Waals surface area (Å²) in [6.45, 7) is 0. The van der Waals surface area contributed by atoms with E-state index in [1.807, 2.05) is 0 Å². The molecule has 0 fully saturated rings. The number of carbonyl (C=O) groups excluding carboxylic acids is 1. The van der Waals surface area contributed by atoms with E-state index in [9.17, 15) is 26.7 Å². The molecule has 0 amide bonds.